The predicted molar refractivity (Wildman–Crippen MR) is 135 cm³/mol. The lowest BCUT2D eigenvalue weighted by Crippen LogP contribution is -2.40. The van der Waals surface area contributed by atoms with E-state index >= 15 is 0 Å². The molecule has 3 aromatic carbocycles. The van der Waals surface area contributed by atoms with Crippen molar-refractivity contribution < 1.29 is 27.4 Å². The van der Waals surface area contributed by atoms with E-state index in [4.69, 9.17) is 14.2 Å². The van der Waals surface area contributed by atoms with Crippen LogP contribution in [0.25, 0.3) is 0 Å². The number of hydrogen-bond donors (Lipinski definition) is 1. The first-order chi connectivity index (χ1) is 16.8. The number of nitrogens with one attached hydrogen (secondary N) is 1. The number of carbonyl (C=O) groups is 1. The number of ether oxygens (including phenoxy) is 3. The minimum atomic E-state index is -3.97. The standard InChI is InChI=1S/C26H30N2O6S/c1-5-19-11-13-21(14-12-19)28(35(30,31)22-9-7-6-8-10-22)18-25(29)27-17-20-15-23(32-2)26(34-4)24(16-20)33-3/h6-16H,5,17-18H2,1-4H3,(H,27,29). The van der Waals surface area contributed by atoms with Gasteiger partial charge < -0.3 is 19.5 Å². The van der Waals surface area contributed by atoms with Crippen LogP contribution in [-0.2, 0) is 27.8 Å². The molecule has 0 aliphatic carbocycles. The van der Waals surface area contributed by atoms with Gasteiger partial charge in [-0.25, -0.2) is 8.42 Å². The van der Waals surface area contributed by atoms with Crippen LogP contribution in [0, 0.1) is 0 Å². The summed E-state index contributed by atoms with van der Waals surface area (Å²) in [6.07, 6.45) is 0.820. The van der Waals surface area contributed by atoms with Crippen LogP contribution >= 0.6 is 0 Å². The number of aryl methyl sites for hydroxylation is 1. The van der Waals surface area contributed by atoms with E-state index in [-0.39, 0.29) is 18.0 Å². The summed E-state index contributed by atoms with van der Waals surface area (Å²) in [7, 11) is 0.564. The highest BCUT2D eigenvalue weighted by atomic mass is 32.2. The Morgan fingerprint density at radius 3 is 1.97 bits per heavy atom. The second-order valence-corrected chi connectivity index (χ2v) is 9.52. The first kappa shape index (κ1) is 25.9. The van der Waals surface area contributed by atoms with Crippen LogP contribution in [0.2, 0.25) is 0 Å². The second-order valence-electron chi connectivity index (χ2n) is 7.66. The fourth-order valence-corrected chi connectivity index (χ4v) is 5.00. The number of anilines is 1. The van der Waals surface area contributed by atoms with Crippen molar-refractivity contribution in [3.05, 3.63) is 77.9 Å². The number of benzene rings is 3. The van der Waals surface area contributed by atoms with Crippen molar-refractivity contribution >= 4 is 21.6 Å². The quantitative estimate of drug-likeness (QED) is 0.432. The van der Waals surface area contributed by atoms with Crippen LogP contribution < -0.4 is 23.8 Å². The van der Waals surface area contributed by atoms with Crippen molar-refractivity contribution in [1.29, 1.82) is 0 Å². The molecule has 0 aliphatic heterocycles. The SMILES string of the molecule is CCc1ccc(N(CC(=O)NCc2cc(OC)c(OC)c(OC)c2)S(=O)(=O)c2ccccc2)cc1. The van der Waals surface area contributed by atoms with Gasteiger partial charge in [0, 0.05) is 6.54 Å². The van der Waals surface area contributed by atoms with Gasteiger partial charge in [-0.1, -0.05) is 37.3 Å². The average molecular weight is 499 g/mol. The molecule has 1 amide bonds. The lowest BCUT2D eigenvalue weighted by molar-refractivity contribution is -0.119. The van der Waals surface area contributed by atoms with E-state index in [2.05, 4.69) is 5.32 Å². The molecule has 186 valence electrons. The molecule has 8 nitrogen and oxygen atoms in total. The molecule has 35 heavy (non-hydrogen) atoms. The molecule has 0 saturated heterocycles. The fourth-order valence-electron chi connectivity index (χ4n) is 3.56. The number of rotatable bonds is 11. The zero-order valence-electron chi connectivity index (χ0n) is 20.3. The van der Waals surface area contributed by atoms with Crippen molar-refractivity contribution in [2.45, 2.75) is 24.8 Å². The molecular formula is C26H30N2O6S. The largest absolute Gasteiger partial charge is 0.493 e. The molecule has 0 bridgehead atoms. The number of sulfonamides is 1. The van der Waals surface area contributed by atoms with Gasteiger partial charge in [0.1, 0.15) is 6.54 Å². The summed E-state index contributed by atoms with van der Waals surface area (Å²) in [5.74, 6) is 0.902. The molecule has 0 radical (unpaired) electrons. The third kappa shape index (κ3) is 6.05. The summed E-state index contributed by atoms with van der Waals surface area (Å²) >= 11 is 0. The maximum atomic E-state index is 13.4. The van der Waals surface area contributed by atoms with E-state index in [0.29, 0.717) is 28.5 Å². The summed E-state index contributed by atoms with van der Waals surface area (Å²) in [5, 5.41) is 2.79. The van der Waals surface area contributed by atoms with Gasteiger partial charge in [-0.2, -0.15) is 0 Å². The first-order valence-electron chi connectivity index (χ1n) is 11.1. The minimum Gasteiger partial charge on any atom is -0.493 e. The normalized spacial score (nSPS) is 11.0. The zero-order valence-corrected chi connectivity index (χ0v) is 21.1. The number of amides is 1. The van der Waals surface area contributed by atoms with E-state index in [1.807, 2.05) is 19.1 Å². The van der Waals surface area contributed by atoms with Gasteiger partial charge >= 0.3 is 0 Å². The number of hydrogen-bond acceptors (Lipinski definition) is 6. The van der Waals surface area contributed by atoms with E-state index in [1.165, 1.54) is 33.5 Å². The Bertz CT molecular complexity index is 1220. The summed E-state index contributed by atoms with van der Waals surface area (Å²) in [4.78, 5) is 13.0. The first-order valence-corrected chi connectivity index (χ1v) is 12.5. The number of carbonyl (C=O) groups excluding carboxylic acids is 1. The second kappa shape index (κ2) is 11.6. The molecule has 0 unspecified atom stereocenters. The zero-order chi connectivity index (χ0) is 25.4. The molecule has 0 saturated carbocycles. The van der Waals surface area contributed by atoms with Gasteiger partial charge in [-0.05, 0) is 53.9 Å². The summed E-state index contributed by atoms with van der Waals surface area (Å²) in [6.45, 7) is 1.78. The smallest absolute Gasteiger partial charge is 0.264 e. The Hall–Kier alpha value is -3.72. The van der Waals surface area contributed by atoms with Crippen molar-refractivity contribution in [1.82, 2.24) is 5.32 Å². The number of methoxy groups -OCH3 is 3. The Morgan fingerprint density at radius 2 is 1.46 bits per heavy atom. The molecule has 9 heteroatoms. The predicted octanol–water partition coefficient (Wildman–Crippen LogP) is 3.79. The van der Waals surface area contributed by atoms with Crippen molar-refractivity contribution in [3.63, 3.8) is 0 Å². The third-order valence-corrected chi connectivity index (χ3v) is 7.25. The molecular weight excluding hydrogens is 468 g/mol. The van der Waals surface area contributed by atoms with Crippen LogP contribution in [0.4, 0.5) is 5.69 Å². The van der Waals surface area contributed by atoms with Crippen LogP contribution in [-0.4, -0.2) is 42.2 Å². The Labute approximate surface area is 206 Å². The lowest BCUT2D eigenvalue weighted by Gasteiger charge is -2.24. The Balaban J connectivity index is 1.84. The summed E-state index contributed by atoms with van der Waals surface area (Å²) < 4.78 is 44.0. The molecule has 0 aliphatic rings. The molecule has 0 spiro atoms. The lowest BCUT2D eigenvalue weighted by atomic mass is 10.1. The monoisotopic (exact) mass is 498 g/mol. The molecule has 0 atom stereocenters. The van der Waals surface area contributed by atoms with Gasteiger partial charge in [-0.15, -0.1) is 0 Å². The topological polar surface area (TPSA) is 94.2 Å². The van der Waals surface area contributed by atoms with Crippen molar-refractivity contribution in [2.75, 3.05) is 32.2 Å². The van der Waals surface area contributed by atoms with Crippen molar-refractivity contribution in [3.8, 4) is 17.2 Å². The minimum absolute atomic E-state index is 0.108. The highest BCUT2D eigenvalue weighted by Crippen LogP contribution is 2.38. The molecule has 0 fully saturated rings. The molecule has 3 rings (SSSR count). The van der Waals surface area contributed by atoms with Crippen LogP contribution in [0.15, 0.2) is 71.6 Å². The van der Waals surface area contributed by atoms with Gasteiger partial charge in [0.2, 0.25) is 11.7 Å². The van der Waals surface area contributed by atoms with Gasteiger partial charge in [-0.3, -0.25) is 9.10 Å². The highest BCUT2D eigenvalue weighted by molar-refractivity contribution is 7.92. The molecule has 0 aromatic heterocycles. The van der Waals surface area contributed by atoms with Crippen LogP contribution in [0.5, 0.6) is 17.2 Å². The highest BCUT2D eigenvalue weighted by Gasteiger charge is 2.27. The Kier molecular flexibility index (Phi) is 8.59. The van der Waals surface area contributed by atoms with Crippen LogP contribution in [0.3, 0.4) is 0 Å². The van der Waals surface area contributed by atoms with E-state index in [9.17, 15) is 13.2 Å². The van der Waals surface area contributed by atoms with E-state index in [1.54, 1.807) is 42.5 Å². The van der Waals surface area contributed by atoms with Gasteiger partial charge in [0.05, 0.1) is 31.9 Å². The molecule has 1 N–H and O–H groups in total. The summed E-state index contributed by atoms with van der Waals surface area (Å²) in [6, 6.07) is 18.7. The van der Waals surface area contributed by atoms with Gasteiger partial charge in [0.15, 0.2) is 11.5 Å². The maximum Gasteiger partial charge on any atom is 0.264 e. The van der Waals surface area contributed by atoms with E-state index < -0.39 is 15.9 Å². The van der Waals surface area contributed by atoms with Crippen LogP contribution in [0.1, 0.15) is 18.1 Å². The molecule has 3 aromatic rings. The average Bonchev–Trinajstić information content (AvgIpc) is 2.90. The number of nitrogens with zero attached hydrogens (tertiary/aromatic N) is 1. The van der Waals surface area contributed by atoms with Gasteiger partial charge in [0.25, 0.3) is 10.0 Å². The Morgan fingerprint density at radius 1 is 0.857 bits per heavy atom. The fraction of sp³-hybridized carbons (Fsp3) is 0.269. The summed E-state index contributed by atoms with van der Waals surface area (Å²) in [5.41, 5.74) is 2.18. The molecule has 0 heterocycles. The maximum absolute atomic E-state index is 13.4. The third-order valence-electron chi connectivity index (χ3n) is 5.47. The van der Waals surface area contributed by atoms with E-state index in [0.717, 1.165) is 16.3 Å². The van der Waals surface area contributed by atoms with Crippen molar-refractivity contribution in [2.24, 2.45) is 0 Å².